The summed E-state index contributed by atoms with van der Waals surface area (Å²) in [4.78, 5) is 13.2. The summed E-state index contributed by atoms with van der Waals surface area (Å²) in [6, 6.07) is 19.1. The maximum atomic E-state index is 13.9. The second-order valence-electron chi connectivity index (χ2n) is 9.37. The van der Waals surface area contributed by atoms with Crippen molar-refractivity contribution >= 4 is 5.91 Å². The quantitative estimate of drug-likeness (QED) is 0.198. The molecule has 0 aliphatic rings. The summed E-state index contributed by atoms with van der Waals surface area (Å²) in [5.74, 6) is -2.46. The molecule has 2 atom stereocenters. The number of nitrogens with zero attached hydrogens (tertiary/aromatic N) is 1. The summed E-state index contributed by atoms with van der Waals surface area (Å²) < 4.78 is 28.9. The lowest BCUT2D eigenvalue weighted by atomic mass is 10.00. The Labute approximate surface area is 225 Å². The van der Waals surface area contributed by atoms with Crippen molar-refractivity contribution in [2.45, 2.75) is 38.5 Å². The molecule has 0 aliphatic carbocycles. The van der Waals surface area contributed by atoms with Crippen molar-refractivity contribution in [1.82, 2.24) is 15.2 Å². The molecule has 1 heterocycles. The Balaban J connectivity index is 1.51. The monoisotopic (exact) mass is 535 g/mol. The predicted molar refractivity (Wildman–Crippen MR) is 144 cm³/mol. The van der Waals surface area contributed by atoms with Gasteiger partial charge < -0.3 is 26.0 Å². The van der Waals surface area contributed by atoms with Gasteiger partial charge in [-0.05, 0) is 59.9 Å². The first-order chi connectivity index (χ1) is 18.7. The van der Waals surface area contributed by atoms with E-state index in [1.165, 1.54) is 23.8 Å². The van der Waals surface area contributed by atoms with E-state index in [0.717, 1.165) is 34.8 Å². The Morgan fingerprint density at radius 3 is 2.23 bits per heavy atom. The van der Waals surface area contributed by atoms with Crippen LogP contribution >= 0.6 is 0 Å². The van der Waals surface area contributed by atoms with Crippen LogP contribution in [0.1, 0.15) is 34.0 Å². The normalized spacial score (nSPS) is 12.7. The van der Waals surface area contributed by atoms with E-state index in [0.29, 0.717) is 12.2 Å². The number of rotatable bonds is 11. The number of carbonyl (C=O) groups excluding carboxylic acids is 1. The fourth-order valence-corrected chi connectivity index (χ4v) is 4.45. The number of hydrogen-bond acceptors (Lipinski definition) is 5. The minimum Gasteiger partial charge on any atom is -0.494 e. The highest BCUT2D eigenvalue weighted by molar-refractivity contribution is 5.95. The zero-order chi connectivity index (χ0) is 27.9. The highest BCUT2D eigenvalue weighted by Crippen LogP contribution is 2.27. The fourth-order valence-electron chi connectivity index (χ4n) is 4.45. The van der Waals surface area contributed by atoms with E-state index in [2.05, 4.69) is 23.6 Å². The van der Waals surface area contributed by atoms with Crippen molar-refractivity contribution < 1.29 is 28.9 Å². The number of carbonyl (C=O) groups is 1. The number of aliphatic hydroxyl groups is 1. The maximum Gasteiger partial charge on any atom is 0.251 e. The summed E-state index contributed by atoms with van der Waals surface area (Å²) in [6.45, 7) is 2.68. The molecule has 39 heavy (non-hydrogen) atoms. The van der Waals surface area contributed by atoms with Gasteiger partial charge in [0, 0.05) is 36.9 Å². The molecule has 5 N–H and O–H groups in total. The summed E-state index contributed by atoms with van der Waals surface area (Å²) in [7, 11) is 0. The SMILES string of the molecule is CCc1cccc(CNC[C@@H](O)[C@H](Cc2cc(F)cc(F)c2)NC(=O)c2cccc(-n3c(O)ccc3O)c2)c1. The molecule has 1 amide bonds. The number of halogens is 2. The molecule has 0 saturated heterocycles. The Morgan fingerprint density at radius 1 is 0.872 bits per heavy atom. The molecule has 0 spiro atoms. The Kier molecular flexibility index (Phi) is 8.96. The molecule has 0 aliphatic heterocycles. The maximum absolute atomic E-state index is 13.9. The average Bonchev–Trinajstić information content (AvgIpc) is 3.25. The second kappa shape index (κ2) is 12.6. The summed E-state index contributed by atoms with van der Waals surface area (Å²) in [5, 5.41) is 37.1. The van der Waals surface area contributed by atoms with Gasteiger partial charge in [0.15, 0.2) is 11.8 Å². The third-order valence-electron chi connectivity index (χ3n) is 6.45. The number of aryl methyl sites for hydroxylation is 1. The molecule has 0 saturated carbocycles. The van der Waals surface area contributed by atoms with E-state index in [-0.39, 0.29) is 35.9 Å². The number of hydrogen-bond donors (Lipinski definition) is 5. The first-order valence-corrected chi connectivity index (χ1v) is 12.7. The van der Waals surface area contributed by atoms with Crippen molar-refractivity contribution in [2.24, 2.45) is 0 Å². The third kappa shape index (κ3) is 7.22. The van der Waals surface area contributed by atoms with Crippen LogP contribution in [0.2, 0.25) is 0 Å². The first kappa shape index (κ1) is 27.8. The summed E-state index contributed by atoms with van der Waals surface area (Å²) >= 11 is 0. The van der Waals surface area contributed by atoms with E-state index in [1.807, 2.05) is 18.2 Å². The van der Waals surface area contributed by atoms with E-state index < -0.39 is 29.7 Å². The molecule has 1 aromatic heterocycles. The van der Waals surface area contributed by atoms with E-state index in [1.54, 1.807) is 18.2 Å². The smallest absolute Gasteiger partial charge is 0.251 e. The van der Waals surface area contributed by atoms with Gasteiger partial charge in [-0.15, -0.1) is 0 Å². The molecule has 0 radical (unpaired) electrons. The van der Waals surface area contributed by atoms with E-state index in [4.69, 9.17) is 0 Å². The Hall–Kier alpha value is -4.21. The van der Waals surface area contributed by atoms with Crippen LogP contribution in [0.5, 0.6) is 11.8 Å². The zero-order valence-corrected chi connectivity index (χ0v) is 21.4. The molecule has 7 nitrogen and oxygen atoms in total. The van der Waals surface area contributed by atoms with Gasteiger partial charge in [-0.3, -0.25) is 9.36 Å². The van der Waals surface area contributed by atoms with Crippen LogP contribution in [0, 0.1) is 11.6 Å². The minimum atomic E-state index is -1.09. The van der Waals surface area contributed by atoms with Gasteiger partial charge in [-0.25, -0.2) is 8.78 Å². The minimum absolute atomic E-state index is 0.0204. The van der Waals surface area contributed by atoms with Crippen LogP contribution in [-0.4, -0.2) is 44.5 Å². The second-order valence-corrected chi connectivity index (χ2v) is 9.37. The molecular formula is C30H31F2N3O4. The van der Waals surface area contributed by atoms with Crippen LogP contribution in [-0.2, 0) is 19.4 Å². The standard InChI is InChI=1S/C30H31F2N3O4/c1-2-19-5-3-6-20(11-19)17-33-18-27(36)26(14-21-12-23(31)16-24(32)13-21)34-30(39)22-7-4-8-25(15-22)35-28(37)9-10-29(35)38/h3-13,15-16,26-27,33,36-38H,2,14,17-18H2,1H3,(H,34,39)/t26-,27+/m0/s1. The molecule has 0 bridgehead atoms. The van der Waals surface area contributed by atoms with Gasteiger partial charge in [0.25, 0.3) is 5.91 Å². The highest BCUT2D eigenvalue weighted by atomic mass is 19.1. The van der Waals surface area contributed by atoms with Gasteiger partial charge in [-0.1, -0.05) is 37.3 Å². The molecular weight excluding hydrogens is 504 g/mol. The molecule has 0 unspecified atom stereocenters. The molecule has 4 aromatic rings. The fraction of sp³-hybridized carbons (Fsp3) is 0.233. The van der Waals surface area contributed by atoms with Crippen LogP contribution in [0.15, 0.2) is 78.9 Å². The van der Waals surface area contributed by atoms with Gasteiger partial charge in [-0.2, -0.15) is 0 Å². The number of aliphatic hydroxyl groups excluding tert-OH is 1. The van der Waals surface area contributed by atoms with Crippen molar-refractivity contribution in [2.75, 3.05) is 6.54 Å². The van der Waals surface area contributed by atoms with Gasteiger partial charge >= 0.3 is 0 Å². The number of aromatic nitrogens is 1. The van der Waals surface area contributed by atoms with Crippen molar-refractivity contribution in [1.29, 1.82) is 0 Å². The molecule has 204 valence electrons. The predicted octanol–water partition coefficient (Wildman–Crippen LogP) is 4.22. The number of benzene rings is 3. The van der Waals surface area contributed by atoms with Crippen molar-refractivity contribution in [3.05, 3.63) is 113 Å². The van der Waals surface area contributed by atoms with Gasteiger partial charge in [0.2, 0.25) is 0 Å². The Morgan fingerprint density at radius 2 is 1.54 bits per heavy atom. The Bertz CT molecular complexity index is 1400. The molecule has 0 fully saturated rings. The van der Waals surface area contributed by atoms with Crippen LogP contribution in [0.4, 0.5) is 8.78 Å². The molecule has 9 heteroatoms. The number of aromatic hydroxyl groups is 2. The van der Waals surface area contributed by atoms with Gasteiger partial charge in [0.1, 0.15) is 11.6 Å². The first-order valence-electron chi connectivity index (χ1n) is 12.7. The lowest BCUT2D eigenvalue weighted by Gasteiger charge is -2.25. The van der Waals surface area contributed by atoms with Crippen LogP contribution in [0.25, 0.3) is 5.69 Å². The number of nitrogens with one attached hydrogen (secondary N) is 2. The molecule has 3 aromatic carbocycles. The van der Waals surface area contributed by atoms with E-state index >= 15 is 0 Å². The third-order valence-corrected chi connectivity index (χ3v) is 6.45. The van der Waals surface area contributed by atoms with Gasteiger partial charge in [0.05, 0.1) is 17.8 Å². The van der Waals surface area contributed by atoms with Crippen molar-refractivity contribution in [3.8, 4) is 17.4 Å². The average molecular weight is 536 g/mol. The van der Waals surface area contributed by atoms with E-state index in [9.17, 15) is 28.9 Å². The largest absolute Gasteiger partial charge is 0.494 e. The summed E-state index contributed by atoms with van der Waals surface area (Å²) in [5.41, 5.74) is 3.07. The lowest BCUT2D eigenvalue weighted by molar-refractivity contribution is 0.0829. The van der Waals surface area contributed by atoms with Crippen LogP contribution < -0.4 is 10.6 Å². The molecule has 4 rings (SSSR count). The van der Waals surface area contributed by atoms with Crippen molar-refractivity contribution in [3.63, 3.8) is 0 Å². The zero-order valence-electron chi connectivity index (χ0n) is 21.4. The topological polar surface area (TPSA) is 107 Å². The number of amides is 1. The van der Waals surface area contributed by atoms with Crippen LogP contribution in [0.3, 0.4) is 0 Å². The lowest BCUT2D eigenvalue weighted by Crippen LogP contribution is -2.48. The summed E-state index contributed by atoms with van der Waals surface area (Å²) in [6.07, 6.45) is -0.206. The highest BCUT2D eigenvalue weighted by Gasteiger charge is 2.23.